The number of rotatable bonds is 3. The van der Waals surface area contributed by atoms with Crippen LogP contribution in [0, 0.1) is 0 Å². The fourth-order valence-electron chi connectivity index (χ4n) is 2.24. The Kier molecular flexibility index (Phi) is 3.85. The molecule has 1 atom stereocenters. The molecule has 1 fully saturated rings. The van der Waals surface area contributed by atoms with Crippen molar-refractivity contribution in [2.75, 3.05) is 25.0 Å². The number of amides is 2. The van der Waals surface area contributed by atoms with Crippen LogP contribution < -0.4 is 10.6 Å². The number of piperazine rings is 1. The van der Waals surface area contributed by atoms with E-state index in [1.54, 1.807) is 0 Å². The molecular formula is C14H19N3O2. The molecule has 0 aromatic heterocycles. The van der Waals surface area contributed by atoms with Crippen LogP contribution in [0.2, 0.25) is 0 Å². The quantitative estimate of drug-likeness (QED) is 0.799. The van der Waals surface area contributed by atoms with Gasteiger partial charge in [-0.1, -0.05) is 18.2 Å². The summed E-state index contributed by atoms with van der Waals surface area (Å²) in [4.78, 5) is 26.5. The van der Waals surface area contributed by atoms with E-state index in [0.717, 1.165) is 17.7 Å². The lowest BCUT2D eigenvalue weighted by Crippen LogP contribution is -2.52. The van der Waals surface area contributed by atoms with Gasteiger partial charge in [0.05, 0.1) is 13.1 Å². The molecule has 2 amide bonds. The van der Waals surface area contributed by atoms with Crippen molar-refractivity contribution >= 4 is 17.5 Å². The lowest BCUT2D eigenvalue weighted by atomic mass is 10.0. The summed E-state index contributed by atoms with van der Waals surface area (Å²) in [5, 5.41) is 0. The monoisotopic (exact) mass is 261 g/mol. The first kappa shape index (κ1) is 13.5. The van der Waals surface area contributed by atoms with Crippen molar-refractivity contribution in [1.29, 1.82) is 0 Å². The maximum absolute atomic E-state index is 11.8. The Hall–Kier alpha value is -1.88. The number of likely N-dealkylation sites (N-methyl/N-ethyl adjacent to an activating group) is 1. The van der Waals surface area contributed by atoms with Gasteiger partial charge in [-0.15, -0.1) is 0 Å². The SMILES string of the molecule is CC(N)Cc1ccccc1N1CC(=O)N(C)C(=O)C1. The third-order valence-electron chi connectivity index (χ3n) is 3.27. The first-order chi connectivity index (χ1) is 8.99. The van der Waals surface area contributed by atoms with Gasteiger partial charge in [0, 0.05) is 18.8 Å². The fraction of sp³-hybridized carbons (Fsp3) is 0.429. The van der Waals surface area contributed by atoms with Gasteiger partial charge >= 0.3 is 0 Å². The Morgan fingerprint density at radius 3 is 2.37 bits per heavy atom. The molecule has 0 bridgehead atoms. The van der Waals surface area contributed by atoms with Crippen LogP contribution in [0.1, 0.15) is 12.5 Å². The third kappa shape index (κ3) is 2.93. The molecule has 102 valence electrons. The highest BCUT2D eigenvalue weighted by atomic mass is 16.2. The summed E-state index contributed by atoms with van der Waals surface area (Å²) in [5.41, 5.74) is 7.84. The maximum atomic E-state index is 11.8. The molecule has 1 heterocycles. The van der Waals surface area contributed by atoms with E-state index in [0.29, 0.717) is 0 Å². The van der Waals surface area contributed by atoms with E-state index in [2.05, 4.69) is 0 Å². The largest absolute Gasteiger partial charge is 0.353 e. The number of nitrogens with two attached hydrogens (primary N) is 1. The minimum absolute atomic E-state index is 0.0417. The number of hydrogen-bond acceptors (Lipinski definition) is 4. The van der Waals surface area contributed by atoms with E-state index < -0.39 is 0 Å². The summed E-state index contributed by atoms with van der Waals surface area (Å²) in [6, 6.07) is 7.82. The molecule has 0 spiro atoms. The second-order valence-corrected chi connectivity index (χ2v) is 5.01. The van der Waals surface area contributed by atoms with Crippen LogP contribution in [0.25, 0.3) is 0 Å². The Morgan fingerprint density at radius 2 is 1.79 bits per heavy atom. The number of anilines is 1. The molecule has 1 aromatic rings. The van der Waals surface area contributed by atoms with Crippen LogP contribution >= 0.6 is 0 Å². The Morgan fingerprint density at radius 1 is 1.21 bits per heavy atom. The minimum Gasteiger partial charge on any atom is -0.353 e. The van der Waals surface area contributed by atoms with Crippen LogP contribution in [0.4, 0.5) is 5.69 Å². The number of benzene rings is 1. The molecule has 0 saturated carbocycles. The van der Waals surface area contributed by atoms with Gasteiger partial charge in [0.1, 0.15) is 0 Å². The number of carbonyl (C=O) groups excluding carboxylic acids is 2. The second-order valence-electron chi connectivity index (χ2n) is 5.01. The summed E-state index contributed by atoms with van der Waals surface area (Å²) in [7, 11) is 1.52. The van der Waals surface area contributed by atoms with Crippen molar-refractivity contribution in [3.05, 3.63) is 29.8 Å². The second kappa shape index (κ2) is 5.40. The highest BCUT2D eigenvalue weighted by Crippen LogP contribution is 2.23. The molecule has 1 aliphatic heterocycles. The van der Waals surface area contributed by atoms with Crippen molar-refractivity contribution in [1.82, 2.24) is 4.90 Å². The van der Waals surface area contributed by atoms with E-state index >= 15 is 0 Å². The summed E-state index contributed by atoms with van der Waals surface area (Å²) >= 11 is 0. The highest BCUT2D eigenvalue weighted by Gasteiger charge is 2.29. The lowest BCUT2D eigenvalue weighted by molar-refractivity contribution is -0.143. The third-order valence-corrected chi connectivity index (χ3v) is 3.27. The van der Waals surface area contributed by atoms with E-state index in [1.165, 1.54) is 11.9 Å². The van der Waals surface area contributed by atoms with Crippen LogP contribution in [0.5, 0.6) is 0 Å². The van der Waals surface area contributed by atoms with E-state index in [4.69, 9.17) is 5.73 Å². The zero-order valence-corrected chi connectivity index (χ0v) is 11.3. The lowest BCUT2D eigenvalue weighted by Gasteiger charge is -2.33. The molecule has 1 aliphatic rings. The Labute approximate surface area is 113 Å². The fourth-order valence-corrected chi connectivity index (χ4v) is 2.24. The summed E-state index contributed by atoms with van der Waals surface area (Å²) in [6.07, 6.45) is 0.727. The average Bonchev–Trinajstić information content (AvgIpc) is 2.35. The average molecular weight is 261 g/mol. The van der Waals surface area contributed by atoms with Gasteiger partial charge in [0.25, 0.3) is 0 Å². The number of carbonyl (C=O) groups is 2. The molecule has 1 aromatic carbocycles. The molecule has 0 aliphatic carbocycles. The molecule has 2 rings (SSSR count). The van der Waals surface area contributed by atoms with Gasteiger partial charge in [-0.05, 0) is 25.0 Å². The zero-order chi connectivity index (χ0) is 14.0. The first-order valence-corrected chi connectivity index (χ1v) is 6.37. The van der Waals surface area contributed by atoms with Crippen LogP contribution in [-0.2, 0) is 16.0 Å². The molecule has 5 nitrogen and oxygen atoms in total. The Bertz CT molecular complexity index is 481. The topological polar surface area (TPSA) is 66.6 Å². The summed E-state index contributed by atoms with van der Waals surface area (Å²) in [6.45, 7) is 2.41. The van der Waals surface area contributed by atoms with Gasteiger partial charge < -0.3 is 10.6 Å². The van der Waals surface area contributed by atoms with E-state index in [9.17, 15) is 9.59 Å². The van der Waals surface area contributed by atoms with Crippen molar-refractivity contribution in [2.45, 2.75) is 19.4 Å². The van der Waals surface area contributed by atoms with Gasteiger partial charge in [0.15, 0.2) is 0 Å². The van der Waals surface area contributed by atoms with E-state index in [-0.39, 0.29) is 30.9 Å². The zero-order valence-electron chi connectivity index (χ0n) is 11.3. The highest BCUT2D eigenvalue weighted by molar-refractivity contribution is 6.02. The summed E-state index contributed by atoms with van der Waals surface area (Å²) < 4.78 is 0. The number of hydrogen-bond donors (Lipinski definition) is 1. The predicted molar refractivity (Wildman–Crippen MR) is 73.8 cm³/mol. The van der Waals surface area contributed by atoms with Crippen molar-refractivity contribution in [3.63, 3.8) is 0 Å². The normalized spacial score (nSPS) is 17.8. The molecule has 19 heavy (non-hydrogen) atoms. The van der Waals surface area contributed by atoms with Crippen LogP contribution in [0.3, 0.4) is 0 Å². The predicted octanol–water partition coefficient (Wildman–Crippen LogP) is 0.381. The maximum Gasteiger partial charge on any atom is 0.248 e. The molecule has 0 radical (unpaired) electrons. The standard InChI is InChI=1S/C14H19N3O2/c1-10(15)7-11-5-3-4-6-12(11)17-8-13(18)16(2)14(19)9-17/h3-6,10H,7-9,15H2,1-2H3. The van der Waals surface area contributed by atoms with Gasteiger partial charge in [-0.2, -0.15) is 0 Å². The summed E-state index contributed by atoms with van der Waals surface area (Å²) in [5.74, 6) is -0.348. The number of para-hydroxylation sites is 1. The van der Waals surface area contributed by atoms with Gasteiger partial charge in [-0.3, -0.25) is 14.5 Å². The molecular weight excluding hydrogens is 242 g/mol. The van der Waals surface area contributed by atoms with Crippen molar-refractivity contribution in [2.24, 2.45) is 5.73 Å². The minimum atomic E-state index is -0.174. The number of imide groups is 1. The molecule has 5 heteroatoms. The van der Waals surface area contributed by atoms with Crippen molar-refractivity contribution in [3.8, 4) is 0 Å². The smallest absolute Gasteiger partial charge is 0.248 e. The molecule has 1 unspecified atom stereocenters. The molecule has 1 saturated heterocycles. The van der Waals surface area contributed by atoms with Crippen LogP contribution in [-0.4, -0.2) is 42.9 Å². The van der Waals surface area contributed by atoms with Gasteiger partial charge in [-0.25, -0.2) is 0 Å². The Balaban J connectivity index is 2.27. The van der Waals surface area contributed by atoms with Crippen LogP contribution in [0.15, 0.2) is 24.3 Å². The van der Waals surface area contributed by atoms with E-state index in [1.807, 2.05) is 36.1 Å². The molecule has 2 N–H and O–H groups in total. The first-order valence-electron chi connectivity index (χ1n) is 6.37. The van der Waals surface area contributed by atoms with Crippen molar-refractivity contribution < 1.29 is 9.59 Å². The number of nitrogens with zero attached hydrogens (tertiary/aromatic N) is 2. The van der Waals surface area contributed by atoms with Gasteiger partial charge in [0.2, 0.25) is 11.8 Å².